The summed E-state index contributed by atoms with van der Waals surface area (Å²) in [5, 5.41) is 0. The van der Waals surface area contributed by atoms with Crippen LogP contribution in [0.5, 0.6) is 0 Å². The van der Waals surface area contributed by atoms with Gasteiger partial charge < -0.3 is 9.64 Å². The number of amides is 1. The summed E-state index contributed by atoms with van der Waals surface area (Å²) in [6.45, 7) is 5.60. The van der Waals surface area contributed by atoms with Crippen LogP contribution in [0.15, 0.2) is 18.3 Å². The molecule has 0 N–H and O–H groups in total. The fraction of sp³-hybridized carbons (Fsp3) is 0.684. The number of hydrogen-bond donors (Lipinski definition) is 0. The summed E-state index contributed by atoms with van der Waals surface area (Å²) in [6, 6.07) is 4.47. The zero-order valence-electron chi connectivity index (χ0n) is 14.9. The largest absolute Gasteiger partial charge is 0.378 e. The highest BCUT2D eigenvalue weighted by Crippen LogP contribution is 2.30. The van der Waals surface area contributed by atoms with Crippen LogP contribution in [-0.2, 0) is 4.74 Å². The first-order valence-electron chi connectivity index (χ1n) is 9.26. The number of aromatic nitrogens is 1. The zero-order valence-corrected chi connectivity index (χ0v) is 14.9. The molecule has 0 spiro atoms. The van der Waals surface area contributed by atoms with Crippen molar-refractivity contribution >= 4 is 5.91 Å². The first kappa shape index (κ1) is 17.4. The Morgan fingerprint density at radius 2 is 2.08 bits per heavy atom. The molecule has 3 heterocycles. The summed E-state index contributed by atoms with van der Waals surface area (Å²) in [4.78, 5) is 21.4. The van der Waals surface area contributed by atoms with Gasteiger partial charge in [0.05, 0.1) is 6.10 Å². The van der Waals surface area contributed by atoms with Gasteiger partial charge in [0.2, 0.25) is 0 Å². The third-order valence-electron chi connectivity index (χ3n) is 5.20. The Bertz CT molecular complexity index is 555. The van der Waals surface area contributed by atoms with Gasteiger partial charge in [-0.15, -0.1) is 0 Å². The molecule has 0 radical (unpaired) electrons. The zero-order chi connectivity index (χ0) is 16.9. The van der Waals surface area contributed by atoms with Crippen molar-refractivity contribution in [1.82, 2.24) is 14.8 Å². The summed E-state index contributed by atoms with van der Waals surface area (Å²) in [5.74, 6) is 0.0615. The van der Waals surface area contributed by atoms with E-state index in [1.807, 2.05) is 17.0 Å². The van der Waals surface area contributed by atoms with E-state index in [-0.39, 0.29) is 5.91 Å². The van der Waals surface area contributed by atoms with E-state index in [1.54, 1.807) is 6.20 Å². The van der Waals surface area contributed by atoms with Gasteiger partial charge in [-0.3, -0.25) is 14.7 Å². The maximum Gasteiger partial charge on any atom is 0.272 e. The number of carbonyl (C=O) groups excluding carboxylic acids is 1. The molecule has 2 saturated heterocycles. The van der Waals surface area contributed by atoms with Crippen LogP contribution in [0, 0.1) is 0 Å². The number of hydrogen-bond acceptors (Lipinski definition) is 4. The second-order valence-corrected chi connectivity index (χ2v) is 6.98. The molecule has 0 saturated carbocycles. The molecule has 1 unspecified atom stereocenters. The summed E-state index contributed by atoms with van der Waals surface area (Å²) in [6.07, 6.45) is 7.37. The van der Waals surface area contributed by atoms with Crippen LogP contribution < -0.4 is 0 Å². The molecule has 0 aromatic carbocycles. The molecule has 2 fully saturated rings. The SMILES string of the molecule is CCCOC1CCN(C(=O)c2cc(C3CCCN3C)ccn2)CC1. The predicted octanol–water partition coefficient (Wildman–Crippen LogP) is 2.88. The second kappa shape index (κ2) is 8.08. The average Bonchev–Trinajstić information content (AvgIpc) is 3.06. The predicted molar refractivity (Wildman–Crippen MR) is 94.0 cm³/mol. The lowest BCUT2D eigenvalue weighted by atomic mass is 10.0. The van der Waals surface area contributed by atoms with Crippen LogP contribution in [0.3, 0.4) is 0 Å². The highest BCUT2D eigenvalue weighted by molar-refractivity contribution is 5.92. The maximum absolute atomic E-state index is 12.8. The van der Waals surface area contributed by atoms with Crippen LogP contribution in [0.4, 0.5) is 0 Å². The van der Waals surface area contributed by atoms with Crippen molar-refractivity contribution in [2.45, 2.75) is 51.2 Å². The molecule has 1 amide bonds. The van der Waals surface area contributed by atoms with E-state index in [9.17, 15) is 4.79 Å². The van der Waals surface area contributed by atoms with Crippen LogP contribution in [0.1, 0.15) is 61.1 Å². The fourth-order valence-corrected chi connectivity index (χ4v) is 3.77. The van der Waals surface area contributed by atoms with Gasteiger partial charge in [-0.1, -0.05) is 6.92 Å². The van der Waals surface area contributed by atoms with Crippen LogP contribution in [-0.4, -0.2) is 60.1 Å². The molecular weight excluding hydrogens is 302 g/mol. The Balaban J connectivity index is 1.61. The topological polar surface area (TPSA) is 45.7 Å². The highest BCUT2D eigenvalue weighted by atomic mass is 16.5. The van der Waals surface area contributed by atoms with Crippen LogP contribution in [0.25, 0.3) is 0 Å². The number of rotatable bonds is 5. The molecule has 2 aliphatic rings. The smallest absolute Gasteiger partial charge is 0.272 e. The number of carbonyl (C=O) groups is 1. The minimum Gasteiger partial charge on any atom is -0.378 e. The third kappa shape index (κ3) is 3.95. The molecule has 1 aromatic heterocycles. The molecule has 0 aliphatic carbocycles. The van der Waals surface area contributed by atoms with Gasteiger partial charge in [-0.05, 0) is 63.4 Å². The van der Waals surface area contributed by atoms with E-state index in [0.717, 1.165) is 51.9 Å². The van der Waals surface area contributed by atoms with E-state index in [4.69, 9.17) is 4.74 Å². The standard InChI is InChI=1S/C19H29N3O2/c1-3-13-24-16-7-11-22(12-8-16)19(23)17-14-15(6-9-20-17)18-5-4-10-21(18)2/h6,9,14,16,18H,3-5,7-8,10-13H2,1-2H3. The second-order valence-electron chi connectivity index (χ2n) is 6.98. The summed E-state index contributed by atoms with van der Waals surface area (Å²) >= 11 is 0. The molecule has 132 valence electrons. The molecular formula is C19H29N3O2. The van der Waals surface area contributed by atoms with Crippen molar-refractivity contribution in [3.05, 3.63) is 29.6 Å². The Kier molecular flexibility index (Phi) is 5.85. The average molecular weight is 331 g/mol. The van der Waals surface area contributed by atoms with Crippen molar-refractivity contribution in [3.8, 4) is 0 Å². The molecule has 1 aromatic rings. The molecule has 3 rings (SSSR count). The van der Waals surface area contributed by atoms with E-state index in [1.165, 1.54) is 12.0 Å². The van der Waals surface area contributed by atoms with E-state index >= 15 is 0 Å². The van der Waals surface area contributed by atoms with Crippen molar-refractivity contribution in [2.24, 2.45) is 0 Å². The van der Waals surface area contributed by atoms with Gasteiger partial charge in [0.15, 0.2) is 0 Å². The minimum absolute atomic E-state index is 0.0615. The normalized spacial score (nSPS) is 22.9. The molecule has 2 aliphatic heterocycles. The van der Waals surface area contributed by atoms with Crippen LogP contribution >= 0.6 is 0 Å². The van der Waals surface area contributed by atoms with E-state index in [2.05, 4.69) is 23.9 Å². The Hall–Kier alpha value is -1.46. The summed E-state index contributed by atoms with van der Waals surface area (Å²) in [5.41, 5.74) is 1.80. The van der Waals surface area contributed by atoms with E-state index < -0.39 is 0 Å². The van der Waals surface area contributed by atoms with Crippen molar-refractivity contribution in [1.29, 1.82) is 0 Å². The molecule has 0 bridgehead atoms. The monoisotopic (exact) mass is 331 g/mol. The van der Waals surface area contributed by atoms with Gasteiger partial charge in [0.1, 0.15) is 5.69 Å². The van der Waals surface area contributed by atoms with Crippen LogP contribution in [0.2, 0.25) is 0 Å². The number of pyridine rings is 1. The first-order chi connectivity index (χ1) is 11.7. The molecule has 5 heteroatoms. The van der Waals surface area contributed by atoms with Gasteiger partial charge in [0, 0.05) is 31.9 Å². The Morgan fingerprint density at radius 1 is 1.29 bits per heavy atom. The lowest BCUT2D eigenvalue weighted by molar-refractivity contribution is 0.00884. The van der Waals surface area contributed by atoms with Gasteiger partial charge >= 0.3 is 0 Å². The fourth-order valence-electron chi connectivity index (χ4n) is 3.77. The van der Waals surface area contributed by atoms with Gasteiger partial charge in [0.25, 0.3) is 5.91 Å². The minimum atomic E-state index is 0.0615. The Labute approximate surface area is 145 Å². The van der Waals surface area contributed by atoms with Crippen molar-refractivity contribution < 1.29 is 9.53 Å². The summed E-state index contributed by atoms with van der Waals surface area (Å²) < 4.78 is 5.81. The van der Waals surface area contributed by atoms with Gasteiger partial charge in [-0.25, -0.2) is 0 Å². The first-order valence-corrected chi connectivity index (χ1v) is 9.26. The number of ether oxygens (including phenoxy) is 1. The summed E-state index contributed by atoms with van der Waals surface area (Å²) in [7, 11) is 2.15. The number of likely N-dealkylation sites (tertiary alicyclic amines) is 2. The Morgan fingerprint density at radius 3 is 2.75 bits per heavy atom. The number of piperidine rings is 1. The molecule has 24 heavy (non-hydrogen) atoms. The number of nitrogens with zero attached hydrogens (tertiary/aromatic N) is 3. The third-order valence-corrected chi connectivity index (χ3v) is 5.20. The quantitative estimate of drug-likeness (QED) is 0.832. The lowest BCUT2D eigenvalue weighted by Gasteiger charge is -2.32. The molecule has 5 nitrogen and oxygen atoms in total. The van der Waals surface area contributed by atoms with Crippen molar-refractivity contribution in [3.63, 3.8) is 0 Å². The maximum atomic E-state index is 12.8. The van der Waals surface area contributed by atoms with Gasteiger partial charge in [-0.2, -0.15) is 0 Å². The molecule has 1 atom stereocenters. The lowest BCUT2D eigenvalue weighted by Crippen LogP contribution is -2.41. The highest BCUT2D eigenvalue weighted by Gasteiger charge is 2.27. The van der Waals surface area contributed by atoms with Crippen molar-refractivity contribution in [2.75, 3.05) is 33.3 Å². The van der Waals surface area contributed by atoms with E-state index in [0.29, 0.717) is 17.8 Å².